The molecule has 1 saturated heterocycles. The maximum Gasteiger partial charge on any atom is 0.416 e. The fourth-order valence-corrected chi connectivity index (χ4v) is 5.04. The van der Waals surface area contributed by atoms with Crippen molar-refractivity contribution < 1.29 is 21.6 Å². The molecular formula is C18H17F3N4O3S. The van der Waals surface area contributed by atoms with Crippen molar-refractivity contribution >= 4 is 15.7 Å². The summed E-state index contributed by atoms with van der Waals surface area (Å²) in [5.74, 6) is 0. The highest BCUT2D eigenvalue weighted by Gasteiger charge is 2.31. The van der Waals surface area contributed by atoms with E-state index in [0.29, 0.717) is 13.1 Å². The van der Waals surface area contributed by atoms with Gasteiger partial charge in [0, 0.05) is 19.3 Å². The summed E-state index contributed by atoms with van der Waals surface area (Å²) in [7, 11) is -3.82. The summed E-state index contributed by atoms with van der Waals surface area (Å²) in [5.41, 5.74) is -1.27. The molecule has 0 aliphatic carbocycles. The third-order valence-corrected chi connectivity index (χ3v) is 6.76. The van der Waals surface area contributed by atoms with Crippen molar-refractivity contribution in [3.05, 3.63) is 64.2 Å². The molecule has 0 amide bonds. The van der Waals surface area contributed by atoms with Crippen molar-refractivity contribution in [3.63, 3.8) is 0 Å². The molecule has 0 bridgehead atoms. The molecule has 0 atom stereocenters. The van der Waals surface area contributed by atoms with E-state index in [1.807, 2.05) is 0 Å². The highest BCUT2D eigenvalue weighted by molar-refractivity contribution is 7.89. The second kappa shape index (κ2) is 6.99. The molecule has 0 saturated carbocycles. The van der Waals surface area contributed by atoms with Gasteiger partial charge in [0.15, 0.2) is 5.65 Å². The molecule has 3 aromatic rings. The van der Waals surface area contributed by atoms with Crippen LogP contribution in [0.25, 0.3) is 5.65 Å². The maximum absolute atomic E-state index is 12.9. The molecule has 2 aromatic heterocycles. The smallest absolute Gasteiger partial charge is 0.249 e. The average molecular weight is 426 g/mol. The molecule has 4 rings (SSSR count). The first-order valence-electron chi connectivity index (χ1n) is 8.92. The quantitative estimate of drug-likeness (QED) is 0.642. The van der Waals surface area contributed by atoms with Crippen molar-refractivity contribution in [2.24, 2.45) is 0 Å². The summed E-state index contributed by atoms with van der Waals surface area (Å²) < 4.78 is 68.0. The van der Waals surface area contributed by atoms with Gasteiger partial charge in [-0.15, -0.1) is 5.10 Å². The van der Waals surface area contributed by atoms with E-state index in [0.717, 1.165) is 34.1 Å². The van der Waals surface area contributed by atoms with Crippen LogP contribution in [0.4, 0.5) is 13.2 Å². The van der Waals surface area contributed by atoms with Crippen LogP contribution in [0, 0.1) is 0 Å². The van der Waals surface area contributed by atoms with Crippen molar-refractivity contribution in [3.8, 4) is 0 Å². The minimum absolute atomic E-state index is 0.0450. The molecule has 7 nitrogen and oxygen atoms in total. The Labute approximate surface area is 164 Å². The Balaban J connectivity index is 1.77. The molecule has 1 aliphatic rings. The summed E-state index contributed by atoms with van der Waals surface area (Å²) in [4.78, 5) is 12.6. The van der Waals surface area contributed by atoms with Crippen LogP contribution in [-0.2, 0) is 22.7 Å². The van der Waals surface area contributed by atoms with Crippen LogP contribution in [-0.4, -0.2) is 40.0 Å². The van der Waals surface area contributed by atoms with Crippen LogP contribution in [0.2, 0.25) is 0 Å². The predicted octanol–water partition coefficient (Wildman–Crippen LogP) is 2.35. The monoisotopic (exact) mass is 426 g/mol. The van der Waals surface area contributed by atoms with Crippen LogP contribution in [0.1, 0.15) is 24.0 Å². The zero-order valence-corrected chi connectivity index (χ0v) is 15.9. The molecule has 29 heavy (non-hydrogen) atoms. The Morgan fingerprint density at radius 3 is 2.48 bits per heavy atom. The third kappa shape index (κ3) is 3.55. The third-order valence-electron chi connectivity index (χ3n) is 4.84. The van der Waals surface area contributed by atoms with Gasteiger partial charge < -0.3 is 0 Å². The Morgan fingerprint density at radius 1 is 1.07 bits per heavy atom. The van der Waals surface area contributed by atoms with Gasteiger partial charge in [-0.05, 0) is 42.7 Å². The van der Waals surface area contributed by atoms with E-state index in [2.05, 4.69) is 5.10 Å². The lowest BCUT2D eigenvalue weighted by atomic mass is 10.1. The number of hydrogen-bond donors (Lipinski definition) is 0. The number of alkyl halides is 3. The largest absolute Gasteiger partial charge is 0.416 e. The van der Waals surface area contributed by atoms with Gasteiger partial charge in [0.2, 0.25) is 10.0 Å². The number of benzene rings is 1. The molecule has 1 fully saturated rings. The average Bonchev–Trinajstić information content (AvgIpc) is 3.31. The van der Waals surface area contributed by atoms with Gasteiger partial charge in [0.1, 0.15) is 4.90 Å². The molecule has 1 aromatic carbocycles. The highest BCUT2D eigenvalue weighted by atomic mass is 32.2. The van der Waals surface area contributed by atoms with E-state index < -0.39 is 27.5 Å². The van der Waals surface area contributed by atoms with Gasteiger partial charge in [-0.25, -0.2) is 22.3 Å². The van der Waals surface area contributed by atoms with Gasteiger partial charge in [-0.3, -0.25) is 0 Å². The van der Waals surface area contributed by atoms with E-state index in [-0.39, 0.29) is 22.7 Å². The topological polar surface area (TPSA) is 76.7 Å². The number of halogens is 3. The fourth-order valence-electron chi connectivity index (χ4n) is 3.40. The summed E-state index contributed by atoms with van der Waals surface area (Å²) in [6, 6.07) is 7.41. The zero-order valence-electron chi connectivity index (χ0n) is 15.1. The first kappa shape index (κ1) is 19.6. The first-order chi connectivity index (χ1) is 13.7. The second-order valence-corrected chi connectivity index (χ2v) is 8.72. The van der Waals surface area contributed by atoms with Crippen LogP contribution in [0.5, 0.6) is 0 Å². The number of hydrogen-bond acceptors (Lipinski definition) is 4. The van der Waals surface area contributed by atoms with E-state index >= 15 is 0 Å². The van der Waals surface area contributed by atoms with E-state index in [1.165, 1.54) is 34.8 Å². The molecule has 3 heterocycles. The summed E-state index contributed by atoms with van der Waals surface area (Å²) in [6.45, 7) is 0.588. The van der Waals surface area contributed by atoms with E-state index in [4.69, 9.17) is 0 Å². The molecule has 0 spiro atoms. The van der Waals surface area contributed by atoms with Crippen LogP contribution in [0.15, 0.2) is 52.3 Å². The van der Waals surface area contributed by atoms with Crippen LogP contribution >= 0.6 is 0 Å². The number of rotatable bonds is 4. The Bertz CT molecular complexity index is 1230. The Kier molecular flexibility index (Phi) is 4.74. The SMILES string of the molecule is O=c1n(Cc2cccc(C(F)(F)F)c2)nc2c(S(=O)(=O)N3CCCC3)cccn12. The summed E-state index contributed by atoms with van der Waals surface area (Å²) in [5, 5.41) is 4.12. The first-order valence-corrected chi connectivity index (χ1v) is 10.4. The number of sulfonamides is 1. The standard InChI is InChI=1S/C18H17F3N4O3S/c19-18(20,21)14-6-3-5-13(11-14)12-25-17(26)24-10-4-7-15(16(24)22-25)29(27,28)23-8-1-2-9-23/h3-7,10-11H,1-2,8-9,12H2. The molecule has 0 N–H and O–H groups in total. The number of nitrogens with zero attached hydrogens (tertiary/aromatic N) is 4. The zero-order chi connectivity index (χ0) is 20.8. The normalized spacial score (nSPS) is 16.0. The Hall–Kier alpha value is -2.66. The Morgan fingerprint density at radius 2 is 1.79 bits per heavy atom. The molecular weight excluding hydrogens is 409 g/mol. The van der Waals surface area contributed by atoms with Crippen LogP contribution < -0.4 is 5.69 Å². The number of fused-ring (bicyclic) bond motifs is 1. The van der Waals surface area contributed by atoms with Crippen molar-refractivity contribution in [2.75, 3.05) is 13.1 Å². The number of aromatic nitrogens is 3. The van der Waals surface area contributed by atoms with Crippen molar-refractivity contribution in [1.29, 1.82) is 0 Å². The fraction of sp³-hybridized carbons (Fsp3) is 0.333. The van der Waals surface area contributed by atoms with E-state index in [9.17, 15) is 26.4 Å². The molecule has 154 valence electrons. The van der Waals surface area contributed by atoms with Gasteiger partial charge in [0.05, 0.1) is 12.1 Å². The maximum atomic E-state index is 12.9. The number of pyridine rings is 1. The molecule has 0 radical (unpaired) electrons. The summed E-state index contributed by atoms with van der Waals surface area (Å²) >= 11 is 0. The van der Waals surface area contributed by atoms with Gasteiger partial charge in [-0.1, -0.05) is 12.1 Å². The van der Waals surface area contributed by atoms with Crippen molar-refractivity contribution in [2.45, 2.75) is 30.5 Å². The molecule has 0 unspecified atom stereocenters. The summed E-state index contributed by atoms with van der Waals surface area (Å²) in [6.07, 6.45) is -1.59. The van der Waals surface area contributed by atoms with Gasteiger partial charge in [-0.2, -0.15) is 17.5 Å². The highest BCUT2D eigenvalue weighted by Crippen LogP contribution is 2.29. The lowest BCUT2D eigenvalue weighted by Crippen LogP contribution is -2.28. The van der Waals surface area contributed by atoms with Gasteiger partial charge in [0.25, 0.3) is 0 Å². The lowest BCUT2D eigenvalue weighted by Gasteiger charge is -2.15. The molecule has 1 aliphatic heterocycles. The predicted molar refractivity (Wildman–Crippen MR) is 98.0 cm³/mol. The van der Waals surface area contributed by atoms with Crippen LogP contribution in [0.3, 0.4) is 0 Å². The van der Waals surface area contributed by atoms with Gasteiger partial charge >= 0.3 is 11.9 Å². The lowest BCUT2D eigenvalue weighted by molar-refractivity contribution is -0.137. The second-order valence-electron chi connectivity index (χ2n) is 6.82. The van der Waals surface area contributed by atoms with E-state index in [1.54, 1.807) is 0 Å². The molecule has 11 heteroatoms. The minimum Gasteiger partial charge on any atom is -0.249 e. The minimum atomic E-state index is -4.50. The van der Waals surface area contributed by atoms with Crippen molar-refractivity contribution in [1.82, 2.24) is 18.5 Å².